The van der Waals surface area contributed by atoms with Gasteiger partial charge in [0.05, 0.1) is 12.1 Å². The molecule has 0 aliphatic carbocycles. The van der Waals surface area contributed by atoms with Crippen molar-refractivity contribution in [3.8, 4) is 6.07 Å². The summed E-state index contributed by atoms with van der Waals surface area (Å²) >= 11 is 1.89. The lowest BCUT2D eigenvalue weighted by Crippen LogP contribution is -2.37. The number of hydrogen-bond acceptors (Lipinski definition) is 3. The summed E-state index contributed by atoms with van der Waals surface area (Å²) in [6.07, 6.45) is 4.61. The second-order valence-corrected chi connectivity index (χ2v) is 5.59. The van der Waals surface area contributed by atoms with Crippen molar-refractivity contribution in [2.45, 2.75) is 45.2 Å². The average molecular weight is 234 g/mol. The van der Waals surface area contributed by atoms with E-state index in [1.165, 1.54) is 22.6 Å². The first-order valence-corrected chi connectivity index (χ1v) is 6.86. The van der Waals surface area contributed by atoms with Gasteiger partial charge in [0.1, 0.15) is 0 Å². The van der Waals surface area contributed by atoms with Crippen LogP contribution in [0.25, 0.3) is 0 Å². The molecule has 0 bridgehead atoms. The molecule has 1 aliphatic rings. The molecule has 1 atom stereocenters. The minimum absolute atomic E-state index is 0.140. The third-order valence-corrected chi connectivity index (χ3v) is 4.40. The van der Waals surface area contributed by atoms with E-state index in [9.17, 15) is 0 Å². The number of thiophene rings is 1. The van der Waals surface area contributed by atoms with E-state index in [1.807, 2.05) is 11.3 Å². The number of nitrogens with zero attached hydrogens (tertiary/aromatic N) is 2. The molecule has 16 heavy (non-hydrogen) atoms. The molecule has 0 amide bonds. The van der Waals surface area contributed by atoms with Crippen molar-refractivity contribution in [3.05, 3.63) is 21.9 Å². The molecule has 2 nitrogen and oxygen atoms in total. The minimum Gasteiger partial charge on any atom is -0.283 e. The van der Waals surface area contributed by atoms with E-state index in [1.54, 1.807) is 0 Å². The monoisotopic (exact) mass is 234 g/mol. The van der Waals surface area contributed by atoms with Crippen molar-refractivity contribution in [1.29, 1.82) is 5.26 Å². The molecule has 0 N–H and O–H groups in total. The van der Waals surface area contributed by atoms with Gasteiger partial charge >= 0.3 is 0 Å². The van der Waals surface area contributed by atoms with Crippen molar-refractivity contribution in [2.75, 3.05) is 6.54 Å². The molecule has 1 unspecified atom stereocenters. The largest absolute Gasteiger partial charge is 0.283 e. The van der Waals surface area contributed by atoms with E-state index in [0.717, 1.165) is 25.9 Å². The fourth-order valence-electron chi connectivity index (χ4n) is 2.22. The maximum Gasteiger partial charge on any atom is 0.0981 e. The molecular weight excluding hydrogens is 216 g/mol. The Bertz CT molecular complexity index is 378. The highest BCUT2D eigenvalue weighted by atomic mass is 32.1. The van der Waals surface area contributed by atoms with Crippen LogP contribution in [-0.2, 0) is 13.0 Å². The van der Waals surface area contributed by atoms with Crippen molar-refractivity contribution >= 4 is 11.3 Å². The van der Waals surface area contributed by atoms with Gasteiger partial charge in [0.25, 0.3) is 0 Å². The van der Waals surface area contributed by atoms with Crippen molar-refractivity contribution in [1.82, 2.24) is 4.90 Å². The SMILES string of the molecule is CCc1ccc(CN2CCCCC2C#N)s1. The quantitative estimate of drug-likeness (QED) is 0.803. The summed E-state index contributed by atoms with van der Waals surface area (Å²) in [6.45, 7) is 4.23. The number of likely N-dealkylation sites (tertiary alicyclic amines) is 1. The van der Waals surface area contributed by atoms with E-state index in [0.29, 0.717) is 0 Å². The second-order valence-electron chi connectivity index (χ2n) is 4.33. The summed E-state index contributed by atoms with van der Waals surface area (Å²) in [5.74, 6) is 0. The lowest BCUT2D eigenvalue weighted by atomic mass is 10.0. The van der Waals surface area contributed by atoms with Gasteiger partial charge in [-0.3, -0.25) is 4.90 Å². The zero-order valence-corrected chi connectivity index (χ0v) is 10.6. The Labute approximate surface area is 102 Å². The highest BCUT2D eigenvalue weighted by Crippen LogP contribution is 2.23. The highest BCUT2D eigenvalue weighted by molar-refractivity contribution is 7.11. The van der Waals surface area contributed by atoms with Crippen LogP contribution in [0.15, 0.2) is 12.1 Å². The maximum absolute atomic E-state index is 9.10. The predicted octanol–water partition coefficient (Wildman–Crippen LogP) is 3.19. The van der Waals surface area contributed by atoms with Crippen molar-refractivity contribution < 1.29 is 0 Å². The van der Waals surface area contributed by atoms with Crippen LogP contribution in [0, 0.1) is 11.3 Å². The van der Waals surface area contributed by atoms with Crippen LogP contribution in [0.2, 0.25) is 0 Å². The van der Waals surface area contributed by atoms with Crippen LogP contribution in [0.5, 0.6) is 0 Å². The fourth-order valence-corrected chi connectivity index (χ4v) is 3.21. The molecule has 0 radical (unpaired) electrons. The maximum atomic E-state index is 9.10. The predicted molar refractivity (Wildman–Crippen MR) is 67.4 cm³/mol. The summed E-state index contributed by atoms with van der Waals surface area (Å²) in [5.41, 5.74) is 0. The summed E-state index contributed by atoms with van der Waals surface area (Å²) in [6, 6.07) is 6.99. The summed E-state index contributed by atoms with van der Waals surface area (Å²) in [4.78, 5) is 5.17. The third kappa shape index (κ3) is 2.63. The molecule has 2 rings (SSSR count). The number of hydrogen-bond donors (Lipinski definition) is 0. The number of rotatable bonds is 3. The Hall–Kier alpha value is -0.850. The van der Waals surface area contributed by atoms with E-state index < -0.39 is 0 Å². The van der Waals surface area contributed by atoms with Gasteiger partial charge in [0.2, 0.25) is 0 Å². The Morgan fingerprint density at radius 2 is 2.25 bits per heavy atom. The standard InChI is InChI=1S/C13H18N2S/c1-2-12-6-7-13(16-12)10-15-8-4-3-5-11(15)9-14/h6-7,11H,2-5,8,10H2,1H3. The first kappa shape index (κ1) is 11.6. The third-order valence-electron chi connectivity index (χ3n) is 3.19. The molecule has 1 saturated heterocycles. The molecule has 0 saturated carbocycles. The fraction of sp³-hybridized carbons (Fsp3) is 0.615. The Morgan fingerprint density at radius 1 is 1.44 bits per heavy atom. The molecule has 0 spiro atoms. The number of aryl methyl sites for hydroxylation is 1. The van der Waals surface area contributed by atoms with Crippen LogP contribution < -0.4 is 0 Å². The zero-order chi connectivity index (χ0) is 11.4. The van der Waals surface area contributed by atoms with Crippen molar-refractivity contribution in [3.63, 3.8) is 0 Å². The minimum atomic E-state index is 0.140. The van der Waals surface area contributed by atoms with Gasteiger partial charge in [0.15, 0.2) is 0 Å². The Balaban J connectivity index is 1.99. The van der Waals surface area contributed by atoms with Crippen LogP contribution in [0.4, 0.5) is 0 Å². The number of nitriles is 1. The molecule has 3 heteroatoms. The average Bonchev–Trinajstić information content (AvgIpc) is 2.77. The molecule has 0 aromatic carbocycles. The van der Waals surface area contributed by atoms with Crippen molar-refractivity contribution in [2.24, 2.45) is 0 Å². The molecule has 2 heterocycles. The van der Waals surface area contributed by atoms with Crippen LogP contribution in [0.3, 0.4) is 0 Å². The van der Waals surface area contributed by atoms with E-state index >= 15 is 0 Å². The summed E-state index contributed by atoms with van der Waals surface area (Å²) in [5, 5.41) is 9.10. The molecule has 1 fully saturated rings. The lowest BCUT2D eigenvalue weighted by Gasteiger charge is -2.30. The van der Waals surface area contributed by atoms with Gasteiger partial charge in [-0.15, -0.1) is 11.3 Å². The zero-order valence-electron chi connectivity index (χ0n) is 9.78. The van der Waals surface area contributed by atoms with Crippen LogP contribution >= 0.6 is 11.3 Å². The normalized spacial score (nSPS) is 21.9. The molecule has 1 aromatic heterocycles. The van der Waals surface area contributed by atoms with Gasteiger partial charge < -0.3 is 0 Å². The molecule has 1 aromatic rings. The Morgan fingerprint density at radius 3 is 2.94 bits per heavy atom. The van der Waals surface area contributed by atoms with Crippen LogP contribution in [0.1, 0.15) is 35.9 Å². The van der Waals surface area contributed by atoms with Gasteiger partial charge in [-0.2, -0.15) is 5.26 Å². The molecule has 1 aliphatic heterocycles. The van der Waals surface area contributed by atoms with Gasteiger partial charge in [-0.05, 0) is 44.4 Å². The smallest absolute Gasteiger partial charge is 0.0981 e. The molecule has 86 valence electrons. The second kappa shape index (κ2) is 5.47. The first-order chi connectivity index (χ1) is 7.83. The molecular formula is C13H18N2S. The van der Waals surface area contributed by atoms with E-state index in [-0.39, 0.29) is 6.04 Å². The summed E-state index contributed by atoms with van der Waals surface area (Å²) in [7, 11) is 0. The Kier molecular flexibility index (Phi) is 3.98. The van der Waals surface area contributed by atoms with Gasteiger partial charge in [0, 0.05) is 16.3 Å². The van der Waals surface area contributed by atoms with Gasteiger partial charge in [-0.25, -0.2) is 0 Å². The van der Waals surface area contributed by atoms with Gasteiger partial charge in [-0.1, -0.05) is 6.92 Å². The number of piperidine rings is 1. The summed E-state index contributed by atoms with van der Waals surface area (Å²) < 4.78 is 0. The van der Waals surface area contributed by atoms with E-state index in [4.69, 9.17) is 5.26 Å². The van der Waals surface area contributed by atoms with E-state index in [2.05, 4.69) is 30.0 Å². The van der Waals surface area contributed by atoms with Crippen LogP contribution in [-0.4, -0.2) is 17.5 Å². The highest BCUT2D eigenvalue weighted by Gasteiger charge is 2.22. The topological polar surface area (TPSA) is 27.0 Å². The first-order valence-electron chi connectivity index (χ1n) is 6.04. The lowest BCUT2D eigenvalue weighted by molar-refractivity contribution is 0.178.